The van der Waals surface area contributed by atoms with Gasteiger partial charge in [0, 0.05) is 12.6 Å². The third kappa shape index (κ3) is 3.66. The van der Waals surface area contributed by atoms with E-state index in [4.69, 9.17) is 0 Å². The zero-order chi connectivity index (χ0) is 12.3. The van der Waals surface area contributed by atoms with Crippen molar-refractivity contribution in [1.82, 2.24) is 5.32 Å². The lowest BCUT2D eigenvalue weighted by Crippen LogP contribution is -2.38. The maximum Gasteiger partial charge on any atom is 0.151 e. The Hall–Kier alpha value is -0.130. The second-order valence-corrected chi connectivity index (χ2v) is 7.72. The maximum absolute atomic E-state index is 11.3. The Morgan fingerprint density at radius 3 is 2.41 bits per heavy atom. The summed E-state index contributed by atoms with van der Waals surface area (Å²) in [5, 5.41) is 12.7. The Bertz CT molecular complexity index is 342. The quantitative estimate of drug-likeness (QED) is 0.776. The van der Waals surface area contributed by atoms with Gasteiger partial charge in [-0.15, -0.1) is 0 Å². The molecule has 0 aromatic rings. The third-order valence-electron chi connectivity index (χ3n) is 4.20. The summed E-state index contributed by atoms with van der Waals surface area (Å²) in [4.78, 5) is 0. The molecule has 1 saturated carbocycles. The smallest absolute Gasteiger partial charge is 0.151 e. The number of aliphatic hydroxyl groups excluding tert-OH is 1. The molecule has 0 aromatic heterocycles. The van der Waals surface area contributed by atoms with E-state index in [1.807, 2.05) is 0 Å². The van der Waals surface area contributed by atoms with Crippen molar-refractivity contribution in [3.05, 3.63) is 0 Å². The van der Waals surface area contributed by atoms with Crippen molar-refractivity contribution in [1.29, 1.82) is 0 Å². The first-order valence-electron chi connectivity index (χ1n) is 6.65. The van der Waals surface area contributed by atoms with Crippen molar-refractivity contribution in [2.24, 2.45) is 11.8 Å². The lowest BCUT2D eigenvalue weighted by molar-refractivity contribution is 0.131. The minimum Gasteiger partial charge on any atom is -0.396 e. The van der Waals surface area contributed by atoms with Gasteiger partial charge in [0.15, 0.2) is 9.84 Å². The zero-order valence-electron chi connectivity index (χ0n) is 10.3. The molecule has 100 valence electrons. The summed E-state index contributed by atoms with van der Waals surface area (Å²) in [6.07, 6.45) is 5.49. The van der Waals surface area contributed by atoms with E-state index in [-0.39, 0.29) is 12.6 Å². The van der Waals surface area contributed by atoms with E-state index < -0.39 is 9.84 Å². The van der Waals surface area contributed by atoms with E-state index in [9.17, 15) is 13.5 Å². The van der Waals surface area contributed by atoms with Crippen molar-refractivity contribution in [3.8, 4) is 0 Å². The molecule has 1 saturated heterocycles. The largest absolute Gasteiger partial charge is 0.396 e. The molecule has 0 aromatic carbocycles. The maximum atomic E-state index is 11.3. The molecule has 0 spiro atoms. The average molecular weight is 261 g/mol. The topological polar surface area (TPSA) is 66.4 Å². The van der Waals surface area contributed by atoms with Crippen LogP contribution < -0.4 is 5.32 Å². The summed E-state index contributed by atoms with van der Waals surface area (Å²) < 4.78 is 22.7. The standard InChI is InChI=1S/C12H23NO3S/c14-8-11-4-2-1-3-10(11)7-13-12-5-6-17(15,16)9-12/h10-14H,1-9H2. The van der Waals surface area contributed by atoms with Crippen molar-refractivity contribution in [2.45, 2.75) is 38.1 Å². The Balaban J connectivity index is 1.77. The predicted molar refractivity (Wildman–Crippen MR) is 67.6 cm³/mol. The van der Waals surface area contributed by atoms with Gasteiger partial charge in [0.2, 0.25) is 0 Å². The number of hydrogen-bond acceptors (Lipinski definition) is 4. The monoisotopic (exact) mass is 261 g/mol. The molecule has 2 aliphatic rings. The number of rotatable bonds is 4. The molecule has 1 aliphatic heterocycles. The Labute approximate surface area is 104 Å². The van der Waals surface area contributed by atoms with Crippen LogP contribution in [0.5, 0.6) is 0 Å². The van der Waals surface area contributed by atoms with Gasteiger partial charge in [-0.3, -0.25) is 0 Å². The summed E-state index contributed by atoms with van der Waals surface area (Å²) in [6.45, 7) is 1.14. The van der Waals surface area contributed by atoms with Crippen molar-refractivity contribution < 1.29 is 13.5 Å². The molecule has 4 nitrogen and oxygen atoms in total. The van der Waals surface area contributed by atoms with Crippen LogP contribution in [0.1, 0.15) is 32.1 Å². The normalized spacial score (nSPS) is 37.1. The fourth-order valence-electron chi connectivity index (χ4n) is 3.07. The summed E-state index contributed by atoms with van der Waals surface area (Å²) in [5.74, 6) is 1.56. The minimum absolute atomic E-state index is 0.140. The molecular formula is C12H23NO3S. The highest BCUT2D eigenvalue weighted by molar-refractivity contribution is 7.91. The summed E-state index contributed by atoms with van der Waals surface area (Å²) in [6, 6.07) is 0.140. The summed E-state index contributed by atoms with van der Waals surface area (Å²) in [7, 11) is -2.78. The zero-order valence-corrected chi connectivity index (χ0v) is 11.1. The molecule has 17 heavy (non-hydrogen) atoms. The highest BCUT2D eigenvalue weighted by Crippen LogP contribution is 2.29. The fourth-order valence-corrected chi connectivity index (χ4v) is 4.78. The third-order valence-corrected chi connectivity index (χ3v) is 5.97. The molecule has 2 fully saturated rings. The Morgan fingerprint density at radius 1 is 1.12 bits per heavy atom. The van der Waals surface area contributed by atoms with Crippen LogP contribution in [0.4, 0.5) is 0 Å². The van der Waals surface area contributed by atoms with Gasteiger partial charge in [-0.1, -0.05) is 12.8 Å². The van der Waals surface area contributed by atoms with E-state index in [1.54, 1.807) is 0 Å². The highest BCUT2D eigenvalue weighted by Gasteiger charge is 2.30. The molecule has 1 aliphatic carbocycles. The summed E-state index contributed by atoms with van der Waals surface area (Å²) in [5.41, 5.74) is 0. The highest BCUT2D eigenvalue weighted by atomic mass is 32.2. The molecule has 0 bridgehead atoms. The van der Waals surface area contributed by atoms with E-state index in [2.05, 4.69) is 5.32 Å². The van der Waals surface area contributed by atoms with Crippen LogP contribution in [0.15, 0.2) is 0 Å². The molecule has 2 rings (SSSR count). The van der Waals surface area contributed by atoms with Crippen LogP contribution in [0.2, 0.25) is 0 Å². The number of sulfone groups is 1. The molecule has 1 heterocycles. The van der Waals surface area contributed by atoms with Gasteiger partial charge in [-0.2, -0.15) is 0 Å². The van der Waals surface area contributed by atoms with Gasteiger partial charge in [-0.25, -0.2) is 8.42 Å². The Kier molecular flexibility index (Phi) is 4.44. The summed E-state index contributed by atoms with van der Waals surface area (Å²) >= 11 is 0. The van der Waals surface area contributed by atoms with Crippen LogP contribution in [-0.2, 0) is 9.84 Å². The van der Waals surface area contributed by atoms with Gasteiger partial charge in [0.25, 0.3) is 0 Å². The van der Waals surface area contributed by atoms with E-state index in [1.165, 1.54) is 12.8 Å². The lowest BCUT2D eigenvalue weighted by atomic mass is 9.79. The van der Waals surface area contributed by atoms with Crippen LogP contribution in [-0.4, -0.2) is 44.2 Å². The first kappa shape index (κ1) is 13.3. The molecule has 5 heteroatoms. The number of nitrogens with one attached hydrogen (secondary N) is 1. The van der Waals surface area contributed by atoms with Crippen LogP contribution >= 0.6 is 0 Å². The first-order chi connectivity index (χ1) is 8.11. The average Bonchev–Trinajstić information content (AvgIpc) is 2.67. The van der Waals surface area contributed by atoms with Gasteiger partial charge >= 0.3 is 0 Å². The van der Waals surface area contributed by atoms with Gasteiger partial charge in [0.1, 0.15) is 0 Å². The molecule has 3 unspecified atom stereocenters. The van der Waals surface area contributed by atoms with E-state index >= 15 is 0 Å². The first-order valence-corrected chi connectivity index (χ1v) is 8.47. The molecule has 3 atom stereocenters. The van der Waals surface area contributed by atoms with Crippen molar-refractivity contribution in [3.63, 3.8) is 0 Å². The molecule has 0 amide bonds. The molecule has 2 N–H and O–H groups in total. The molecule has 0 radical (unpaired) electrons. The van der Waals surface area contributed by atoms with Crippen LogP contribution in [0, 0.1) is 11.8 Å². The minimum atomic E-state index is -2.78. The lowest BCUT2D eigenvalue weighted by Gasteiger charge is -2.31. The SMILES string of the molecule is O=S1(=O)CCC(NCC2CCCCC2CO)C1. The number of aliphatic hydroxyl groups is 1. The second-order valence-electron chi connectivity index (χ2n) is 5.50. The van der Waals surface area contributed by atoms with Gasteiger partial charge in [0.05, 0.1) is 11.5 Å². The van der Waals surface area contributed by atoms with E-state index in [0.717, 1.165) is 25.8 Å². The van der Waals surface area contributed by atoms with Gasteiger partial charge in [-0.05, 0) is 37.6 Å². The fraction of sp³-hybridized carbons (Fsp3) is 1.00. The van der Waals surface area contributed by atoms with Crippen LogP contribution in [0.25, 0.3) is 0 Å². The van der Waals surface area contributed by atoms with Crippen molar-refractivity contribution in [2.75, 3.05) is 24.7 Å². The molecular weight excluding hydrogens is 238 g/mol. The van der Waals surface area contributed by atoms with Crippen molar-refractivity contribution >= 4 is 9.84 Å². The predicted octanol–water partition coefficient (Wildman–Crippen LogP) is 0.562. The van der Waals surface area contributed by atoms with Crippen LogP contribution in [0.3, 0.4) is 0 Å². The van der Waals surface area contributed by atoms with E-state index in [0.29, 0.717) is 23.3 Å². The van der Waals surface area contributed by atoms with Gasteiger partial charge < -0.3 is 10.4 Å². The second kappa shape index (κ2) is 5.67. The number of hydrogen-bond donors (Lipinski definition) is 2. The Morgan fingerprint density at radius 2 is 1.82 bits per heavy atom.